The first-order valence-corrected chi connectivity index (χ1v) is 9.03. The summed E-state index contributed by atoms with van der Waals surface area (Å²) in [6.07, 6.45) is 2.39. The van der Waals surface area contributed by atoms with Gasteiger partial charge in [-0.2, -0.15) is 0 Å². The van der Waals surface area contributed by atoms with Gasteiger partial charge in [-0.15, -0.1) is 0 Å². The highest BCUT2D eigenvalue weighted by Crippen LogP contribution is 2.18. The number of amides is 1. The van der Waals surface area contributed by atoms with E-state index in [1.165, 1.54) is 12.1 Å². The highest BCUT2D eigenvalue weighted by Gasteiger charge is 2.25. The molecule has 1 amide bonds. The van der Waals surface area contributed by atoms with Crippen molar-refractivity contribution < 1.29 is 13.9 Å². The smallest absolute Gasteiger partial charge is 0.227 e. The van der Waals surface area contributed by atoms with Crippen LogP contribution in [0.5, 0.6) is 5.75 Å². The van der Waals surface area contributed by atoms with E-state index in [4.69, 9.17) is 4.74 Å². The van der Waals surface area contributed by atoms with E-state index in [9.17, 15) is 9.18 Å². The number of ether oxygens (including phenoxy) is 1. The van der Waals surface area contributed by atoms with E-state index in [1.807, 2.05) is 29.2 Å². The molecule has 3 rings (SSSR count). The lowest BCUT2D eigenvalue weighted by molar-refractivity contribution is -0.133. The zero-order valence-electron chi connectivity index (χ0n) is 15.1. The van der Waals surface area contributed by atoms with Gasteiger partial charge in [-0.25, -0.2) is 4.39 Å². The quantitative estimate of drug-likeness (QED) is 0.864. The summed E-state index contributed by atoms with van der Waals surface area (Å²) in [6.45, 7) is 2.30. The van der Waals surface area contributed by atoms with Crippen LogP contribution in [0.3, 0.4) is 0 Å². The molecule has 1 fully saturated rings. The van der Waals surface area contributed by atoms with Crippen molar-refractivity contribution in [3.8, 4) is 5.75 Å². The minimum atomic E-state index is -0.260. The molecule has 0 bridgehead atoms. The number of hydrogen-bond acceptors (Lipinski definition) is 3. The highest BCUT2D eigenvalue weighted by molar-refractivity contribution is 5.79. The molecule has 1 N–H and O–H groups in total. The molecule has 4 nitrogen and oxygen atoms in total. The number of carbonyl (C=O) groups excluding carboxylic acids is 1. The Hall–Kier alpha value is -2.40. The molecule has 0 unspecified atom stereocenters. The Morgan fingerprint density at radius 2 is 1.85 bits per heavy atom. The molecule has 0 aliphatic carbocycles. The zero-order chi connectivity index (χ0) is 18.4. The molecule has 26 heavy (non-hydrogen) atoms. The van der Waals surface area contributed by atoms with E-state index in [0.29, 0.717) is 13.0 Å². The molecule has 0 spiro atoms. The Morgan fingerprint density at radius 1 is 1.15 bits per heavy atom. The number of hydrogen-bond donors (Lipinski definition) is 1. The topological polar surface area (TPSA) is 41.6 Å². The summed E-state index contributed by atoms with van der Waals surface area (Å²) in [6, 6.07) is 14.1. The van der Waals surface area contributed by atoms with E-state index in [2.05, 4.69) is 5.32 Å². The minimum absolute atomic E-state index is 0.0909. The van der Waals surface area contributed by atoms with Gasteiger partial charge in [0, 0.05) is 19.1 Å². The third-order valence-corrected chi connectivity index (χ3v) is 4.81. The first-order valence-electron chi connectivity index (χ1n) is 9.03. The SMILES string of the molecule is COc1ccc(CC(=O)N(Cc2ccc(F)cc2)[C@H]2CCCNC2)cc1. The van der Waals surface area contributed by atoms with Crippen LogP contribution < -0.4 is 10.1 Å². The van der Waals surface area contributed by atoms with Gasteiger partial charge in [-0.05, 0) is 54.8 Å². The largest absolute Gasteiger partial charge is 0.497 e. The summed E-state index contributed by atoms with van der Waals surface area (Å²) in [5.41, 5.74) is 1.91. The molecule has 1 aliphatic heterocycles. The Labute approximate surface area is 154 Å². The molecule has 1 aliphatic rings. The number of benzene rings is 2. The predicted molar refractivity (Wildman–Crippen MR) is 99.5 cm³/mol. The molecular formula is C21H25FN2O2. The second-order valence-electron chi connectivity index (χ2n) is 6.67. The van der Waals surface area contributed by atoms with Crippen molar-refractivity contribution in [2.45, 2.75) is 31.8 Å². The molecular weight excluding hydrogens is 331 g/mol. The van der Waals surface area contributed by atoms with Gasteiger partial charge in [-0.1, -0.05) is 24.3 Å². The standard InChI is InChI=1S/C21H25FN2O2/c1-26-20-10-6-16(7-11-20)13-21(25)24(19-3-2-12-23-14-19)15-17-4-8-18(22)9-5-17/h4-11,19,23H,2-3,12-15H2,1H3/t19-/m0/s1. The molecule has 2 aromatic rings. The summed E-state index contributed by atoms with van der Waals surface area (Å²) in [7, 11) is 1.63. The number of nitrogens with zero attached hydrogens (tertiary/aromatic N) is 1. The van der Waals surface area contributed by atoms with Gasteiger partial charge in [0.1, 0.15) is 11.6 Å². The third kappa shape index (κ3) is 4.82. The summed E-state index contributed by atoms with van der Waals surface area (Å²) < 4.78 is 18.4. The Morgan fingerprint density at radius 3 is 2.46 bits per heavy atom. The summed E-state index contributed by atoms with van der Waals surface area (Å²) >= 11 is 0. The van der Waals surface area contributed by atoms with Gasteiger partial charge in [0.15, 0.2) is 0 Å². The summed E-state index contributed by atoms with van der Waals surface area (Å²) in [5.74, 6) is 0.609. The minimum Gasteiger partial charge on any atom is -0.497 e. The number of piperidine rings is 1. The fourth-order valence-corrected chi connectivity index (χ4v) is 3.33. The van der Waals surface area contributed by atoms with E-state index >= 15 is 0 Å². The van der Waals surface area contributed by atoms with Crippen molar-refractivity contribution in [2.24, 2.45) is 0 Å². The fraction of sp³-hybridized carbons (Fsp3) is 0.381. The van der Waals surface area contributed by atoms with Crippen LogP contribution in [0.15, 0.2) is 48.5 Å². The normalized spacial score (nSPS) is 16.9. The number of nitrogens with one attached hydrogen (secondary N) is 1. The van der Waals surface area contributed by atoms with E-state index in [0.717, 1.165) is 42.8 Å². The lowest BCUT2D eigenvalue weighted by Crippen LogP contribution is -2.48. The molecule has 1 saturated heterocycles. The molecule has 0 radical (unpaired) electrons. The van der Waals surface area contributed by atoms with Crippen molar-refractivity contribution >= 4 is 5.91 Å². The van der Waals surface area contributed by atoms with Gasteiger partial charge >= 0.3 is 0 Å². The monoisotopic (exact) mass is 356 g/mol. The molecule has 1 atom stereocenters. The van der Waals surface area contributed by atoms with Crippen LogP contribution in [-0.4, -0.2) is 37.0 Å². The van der Waals surface area contributed by atoms with Crippen LogP contribution in [0, 0.1) is 5.82 Å². The van der Waals surface area contributed by atoms with Crippen LogP contribution in [-0.2, 0) is 17.8 Å². The average molecular weight is 356 g/mol. The lowest BCUT2D eigenvalue weighted by atomic mass is 10.0. The maximum atomic E-state index is 13.2. The summed E-state index contributed by atoms with van der Waals surface area (Å²) in [5, 5.41) is 3.37. The Bertz CT molecular complexity index is 710. The molecule has 2 aromatic carbocycles. The number of rotatable bonds is 6. The van der Waals surface area contributed by atoms with Crippen LogP contribution in [0.2, 0.25) is 0 Å². The molecule has 0 saturated carbocycles. The van der Waals surface area contributed by atoms with Crippen molar-refractivity contribution in [2.75, 3.05) is 20.2 Å². The number of carbonyl (C=O) groups is 1. The first-order chi connectivity index (χ1) is 12.7. The molecule has 5 heteroatoms. The molecule has 0 aromatic heterocycles. The van der Waals surface area contributed by atoms with Gasteiger partial charge in [0.25, 0.3) is 0 Å². The maximum Gasteiger partial charge on any atom is 0.227 e. The van der Waals surface area contributed by atoms with Crippen LogP contribution in [0.4, 0.5) is 4.39 Å². The van der Waals surface area contributed by atoms with E-state index in [1.54, 1.807) is 19.2 Å². The van der Waals surface area contributed by atoms with Crippen LogP contribution in [0.25, 0.3) is 0 Å². The highest BCUT2D eigenvalue weighted by atomic mass is 19.1. The fourth-order valence-electron chi connectivity index (χ4n) is 3.33. The number of halogens is 1. The van der Waals surface area contributed by atoms with Crippen molar-refractivity contribution in [3.05, 3.63) is 65.5 Å². The van der Waals surface area contributed by atoms with Crippen LogP contribution >= 0.6 is 0 Å². The van der Waals surface area contributed by atoms with Crippen molar-refractivity contribution in [1.29, 1.82) is 0 Å². The van der Waals surface area contributed by atoms with E-state index in [-0.39, 0.29) is 17.8 Å². The second-order valence-corrected chi connectivity index (χ2v) is 6.67. The van der Waals surface area contributed by atoms with Gasteiger partial charge in [0.05, 0.1) is 13.5 Å². The second kappa shape index (κ2) is 8.81. The molecule has 138 valence electrons. The first kappa shape index (κ1) is 18.4. The molecule has 1 heterocycles. The number of methoxy groups -OCH3 is 1. The van der Waals surface area contributed by atoms with Crippen LogP contribution in [0.1, 0.15) is 24.0 Å². The van der Waals surface area contributed by atoms with Crippen molar-refractivity contribution in [1.82, 2.24) is 10.2 Å². The van der Waals surface area contributed by atoms with Gasteiger partial charge in [-0.3, -0.25) is 4.79 Å². The van der Waals surface area contributed by atoms with Gasteiger partial charge in [0.2, 0.25) is 5.91 Å². The zero-order valence-corrected chi connectivity index (χ0v) is 15.1. The Kier molecular flexibility index (Phi) is 6.23. The third-order valence-electron chi connectivity index (χ3n) is 4.81. The van der Waals surface area contributed by atoms with Gasteiger partial charge < -0.3 is 15.0 Å². The summed E-state index contributed by atoms with van der Waals surface area (Å²) in [4.78, 5) is 15.0. The Balaban J connectivity index is 1.74. The van der Waals surface area contributed by atoms with E-state index < -0.39 is 0 Å². The predicted octanol–water partition coefficient (Wildman–Crippen LogP) is 3.16. The average Bonchev–Trinajstić information content (AvgIpc) is 2.68. The maximum absolute atomic E-state index is 13.2. The van der Waals surface area contributed by atoms with Crippen molar-refractivity contribution in [3.63, 3.8) is 0 Å². The lowest BCUT2D eigenvalue weighted by Gasteiger charge is -2.35.